The van der Waals surface area contributed by atoms with Gasteiger partial charge < -0.3 is 15.8 Å². The Kier molecular flexibility index (Phi) is 3.09. The van der Waals surface area contributed by atoms with E-state index < -0.39 is 5.54 Å². The molecule has 5 heteroatoms. The third kappa shape index (κ3) is 2.29. The van der Waals surface area contributed by atoms with Crippen molar-refractivity contribution in [2.24, 2.45) is 5.73 Å². The molecular weight excluding hydrogens is 283 g/mol. The summed E-state index contributed by atoms with van der Waals surface area (Å²) in [7, 11) is 0. The predicted octanol–water partition coefficient (Wildman–Crippen LogP) is 0.146. The van der Waals surface area contributed by atoms with Crippen LogP contribution >= 0.6 is 22.6 Å². The molecule has 0 saturated carbocycles. The molecule has 0 aromatic carbocycles. The first-order valence-electron chi connectivity index (χ1n) is 3.76. The van der Waals surface area contributed by atoms with Crippen molar-refractivity contribution in [3.8, 4) is 0 Å². The van der Waals surface area contributed by atoms with E-state index in [0.717, 1.165) is 3.57 Å². The second-order valence-electron chi connectivity index (χ2n) is 3.14. The van der Waals surface area contributed by atoms with Gasteiger partial charge in [-0.1, -0.05) is 0 Å². The maximum atomic E-state index is 11.3. The Hall–Kier alpha value is -0.400. The topological polar surface area (TPSA) is 79.1 Å². The molecule has 0 aliphatic carbocycles. The summed E-state index contributed by atoms with van der Waals surface area (Å²) < 4.78 is 0.886. The fourth-order valence-corrected chi connectivity index (χ4v) is 1.43. The Labute approximate surface area is 89.3 Å². The fraction of sp³-hybridized carbons (Fsp3) is 0.375. The van der Waals surface area contributed by atoms with E-state index in [9.17, 15) is 4.79 Å². The van der Waals surface area contributed by atoms with Crippen LogP contribution in [0, 0.1) is 3.57 Å². The van der Waals surface area contributed by atoms with Gasteiger partial charge in [0.1, 0.15) is 0 Å². The van der Waals surface area contributed by atoms with Gasteiger partial charge >= 0.3 is 0 Å². The second-order valence-corrected chi connectivity index (χ2v) is 4.38. The minimum absolute atomic E-state index is 0.250. The van der Waals surface area contributed by atoms with Crippen LogP contribution in [0.25, 0.3) is 0 Å². The molecular formula is C8H11IN2O2. The zero-order chi connectivity index (χ0) is 10.1. The standard InChI is InChI=1S/C8H11IN2O2/c1-8(10,4-12)6-2-5(9)3-11-7(6)13/h2-3,12H,4,10H2,1H3,(H,11,13)/t8-/m1/s1. The highest BCUT2D eigenvalue weighted by Gasteiger charge is 2.23. The summed E-state index contributed by atoms with van der Waals surface area (Å²) in [6.45, 7) is 1.36. The summed E-state index contributed by atoms with van der Waals surface area (Å²) in [6.07, 6.45) is 1.60. The molecule has 0 aliphatic heterocycles. The molecule has 13 heavy (non-hydrogen) atoms. The Morgan fingerprint density at radius 2 is 2.38 bits per heavy atom. The van der Waals surface area contributed by atoms with Gasteiger partial charge in [-0.3, -0.25) is 4.79 Å². The zero-order valence-corrected chi connectivity index (χ0v) is 9.33. The summed E-state index contributed by atoms with van der Waals surface area (Å²) in [6, 6.07) is 1.68. The molecule has 4 N–H and O–H groups in total. The average molecular weight is 294 g/mol. The largest absolute Gasteiger partial charge is 0.394 e. The molecule has 1 heterocycles. The van der Waals surface area contributed by atoms with Crippen LogP contribution in [-0.4, -0.2) is 16.7 Å². The number of H-pyrrole nitrogens is 1. The summed E-state index contributed by atoms with van der Waals surface area (Å²) in [5.41, 5.74) is 4.91. The monoisotopic (exact) mass is 294 g/mol. The molecule has 0 aliphatic rings. The van der Waals surface area contributed by atoms with Gasteiger partial charge in [0.25, 0.3) is 5.56 Å². The van der Waals surface area contributed by atoms with E-state index in [2.05, 4.69) is 27.6 Å². The Balaban J connectivity index is 3.29. The molecule has 0 fully saturated rings. The van der Waals surface area contributed by atoms with Crippen LogP contribution in [0.4, 0.5) is 0 Å². The van der Waals surface area contributed by atoms with Crippen molar-refractivity contribution >= 4 is 22.6 Å². The maximum absolute atomic E-state index is 11.3. The SMILES string of the molecule is C[C@@](N)(CO)c1cc(I)c[nH]c1=O. The molecule has 1 aromatic rings. The van der Waals surface area contributed by atoms with Gasteiger partial charge in [-0.25, -0.2) is 0 Å². The number of hydrogen-bond donors (Lipinski definition) is 3. The van der Waals surface area contributed by atoms with Gasteiger partial charge in [0, 0.05) is 15.3 Å². The van der Waals surface area contributed by atoms with Gasteiger partial charge in [-0.15, -0.1) is 0 Å². The lowest BCUT2D eigenvalue weighted by atomic mass is 9.96. The molecule has 0 radical (unpaired) electrons. The van der Waals surface area contributed by atoms with Gasteiger partial charge in [0.05, 0.1) is 12.1 Å². The number of aliphatic hydroxyl groups is 1. The number of aromatic amines is 1. The number of aromatic nitrogens is 1. The van der Waals surface area contributed by atoms with Crippen molar-refractivity contribution in [2.75, 3.05) is 6.61 Å². The molecule has 1 aromatic heterocycles. The minimum atomic E-state index is -0.977. The highest BCUT2D eigenvalue weighted by molar-refractivity contribution is 14.1. The lowest BCUT2D eigenvalue weighted by Gasteiger charge is -2.20. The van der Waals surface area contributed by atoms with Crippen LogP contribution in [0.5, 0.6) is 0 Å². The molecule has 0 saturated heterocycles. The second kappa shape index (κ2) is 3.77. The zero-order valence-electron chi connectivity index (χ0n) is 7.17. The summed E-state index contributed by atoms with van der Waals surface area (Å²) in [5.74, 6) is 0. The van der Waals surface area contributed by atoms with Crippen LogP contribution in [-0.2, 0) is 5.54 Å². The highest BCUT2D eigenvalue weighted by atomic mass is 127. The Morgan fingerprint density at radius 1 is 1.77 bits per heavy atom. The van der Waals surface area contributed by atoms with E-state index in [-0.39, 0.29) is 12.2 Å². The first-order chi connectivity index (χ1) is 5.97. The highest BCUT2D eigenvalue weighted by Crippen LogP contribution is 2.14. The fourth-order valence-electron chi connectivity index (χ4n) is 0.967. The lowest BCUT2D eigenvalue weighted by molar-refractivity contribution is 0.209. The van der Waals surface area contributed by atoms with Crippen LogP contribution in [0.15, 0.2) is 17.1 Å². The lowest BCUT2D eigenvalue weighted by Crippen LogP contribution is -2.41. The quantitative estimate of drug-likeness (QED) is 0.679. The third-order valence-electron chi connectivity index (χ3n) is 1.81. The number of pyridine rings is 1. The van der Waals surface area contributed by atoms with E-state index in [4.69, 9.17) is 10.8 Å². The first kappa shape index (κ1) is 10.7. The van der Waals surface area contributed by atoms with Crippen molar-refractivity contribution in [3.05, 3.63) is 31.8 Å². The summed E-state index contributed by atoms with van der Waals surface area (Å²) >= 11 is 2.07. The number of hydrogen-bond acceptors (Lipinski definition) is 3. The van der Waals surface area contributed by atoms with Crippen molar-refractivity contribution in [1.82, 2.24) is 4.98 Å². The molecule has 0 amide bonds. The van der Waals surface area contributed by atoms with Crippen molar-refractivity contribution in [1.29, 1.82) is 0 Å². The maximum Gasteiger partial charge on any atom is 0.253 e. The first-order valence-corrected chi connectivity index (χ1v) is 4.84. The number of nitrogens with one attached hydrogen (secondary N) is 1. The van der Waals surface area contributed by atoms with Crippen LogP contribution in [0.3, 0.4) is 0 Å². The number of halogens is 1. The minimum Gasteiger partial charge on any atom is -0.394 e. The molecule has 72 valence electrons. The van der Waals surface area contributed by atoms with Crippen molar-refractivity contribution in [2.45, 2.75) is 12.5 Å². The van der Waals surface area contributed by atoms with E-state index in [1.165, 1.54) is 0 Å². The summed E-state index contributed by atoms with van der Waals surface area (Å²) in [4.78, 5) is 13.9. The normalized spacial score (nSPS) is 15.4. The molecule has 0 unspecified atom stereocenters. The summed E-state index contributed by atoms with van der Waals surface area (Å²) in [5, 5.41) is 8.98. The molecule has 1 rings (SSSR count). The molecule has 1 atom stereocenters. The Morgan fingerprint density at radius 3 is 2.92 bits per heavy atom. The number of nitrogens with two attached hydrogens (primary N) is 1. The predicted molar refractivity (Wildman–Crippen MR) is 58.4 cm³/mol. The van der Waals surface area contributed by atoms with Gasteiger partial charge in [0.15, 0.2) is 0 Å². The van der Waals surface area contributed by atoms with E-state index >= 15 is 0 Å². The molecule has 0 spiro atoms. The van der Waals surface area contributed by atoms with E-state index in [1.807, 2.05) is 0 Å². The molecule has 4 nitrogen and oxygen atoms in total. The third-order valence-corrected chi connectivity index (χ3v) is 2.43. The molecule has 0 bridgehead atoms. The number of rotatable bonds is 2. The van der Waals surface area contributed by atoms with Crippen LogP contribution < -0.4 is 11.3 Å². The van der Waals surface area contributed by atoms with Gasteiger partial charge in [-0.05, 0) is 35.6 Å². The van der Waals surface area contributed by atoms with Crippen molar-refractivity contribution in [3.63, 3.8) is 0 Å². The van der Waals surface area contributed by atoms with Gasteiger partial charge in [0.2, 0.25) is 0 Å². The van der Waals surface area contributed by atoms with Crippen molar-refractivity contribution < 1.29 is 5.11 Å². The number of aliphatic hydroxyl groups excluding tert-OH is 1. The smallest absolute Gasteiger partial charge is 0.253 e. The van der Waals surface area contributed by atoms with Crippen LogP contribution in [0.2, 0.25) is 0 Å². The van der Waals surface area contributed by atoms with E-state index in [0.29, 0.717) is 5.56 Å². The van der Waals surface area contributed by atoms with E-state index in [1.54, 1.807) is 19.2 Å². The average Bonchev–Trinajstić information content (AvgIpc) is 2.09. The van der Waals surface area contributed by atoms with Crippen LogP contribution in [0.1, 0.15) is 12.5 Å². The Bertz CT molecular complexity index is 359. The van der Waals surface area contributed by atoms with Gasteiger partial charge in [-0.2, -0.15) is 0 Å².